The molecule has 0 spiro atoms. The van der Waals surface area contributed by atoms with Crippen molar-refractivity contribution in [3.8, 4) is 5.75 Å². The Morgan fingerprint density at radius 1 is 1.21 bits per heavy atom. The second-order valence-electron chi connectivity index (χ2n) is 5.40. The van der Waals surface area contributed by atoms with Crippen molar-refractivity contribution in [2.24, 2.45) is 5.41 Å². The van der Waals surface area contributed by atoms with Crippen molar-refractivity contribution < 1.29 is 9.53 Å². The molecule has 104 valence electrons. The number of nitrogens with one attached hydrogen (secondary N) is 2. The van der Waals surface area contributed by atoms with Crippen LogP contribution in [0.15, 0.2) is 36.0 Å². The van der Waals surface area contributed by atoms with Gasteiger partial charge in [-0.05, 0) is 36.6 Å². The lowest BCUT2D eigenvalue weighted by molar-refractivity contribution is 0.255. The van der Waals surface area contributed by atoms with Crippen LogP contribution in [-0.4, -0.2) is 13.1 Å². The molecular weight excluding hydrogens is 240 g/mol. The van der Waals surface area contributed by atoms with Crippen LogP contribution in [0.2, 0.25) is 0 Å². The van der Waals surface area contributed by atoms with Gasteiger partial charge in [0.15, 0.2) is 0 Å². The monoisotopic (exact) mass is 262 g/mol. The van der Waals surface area contributed by atoms with Crippen LogP contribution < -0.4 is 15.4 Å². The van der Waals surface area contributed by atoms with Gasteiger partial charge in [-0.25, -0.2) is 4.79 Å². The Balaban J connectivity index is 2.56. The quantitative estimate of drug-likeness (QED) is 0.871. The Bertz CT molecular complexity index is 456. The number of ether oxygens (including phenoxy) is 1. The summed E-state index contributed by atoms with van der Waals surface area (Å²) in [4.78, 5) is 11.7. The smallest absolute Gasteiger partial charge is 0.323 e. The molecule has 1 aromatic carbocycles. The summed E-state index contributed by atoms with van der Waals surface area (Å²) >= 11 is 0. The number of amides is 2. The van der Waals surface area contributed by atoms with Crippen LogP contribution in [-0.2, 0) is 0 Å². The van der Waals surface area contributed by atoms with E-state index in [1.807, 2.05) is 6.92 Å². The molecule has 2 N–H and O–H groups in total. The Hall–Kier alpha value is -1.97. The van der Waals surface area contributed by atoms with Crippen LogP contribution in [0.3, 0.4) is 0 Å². The minimum atomic E-state index is -0.256. The van der Waals surface area contributed by atoms with Crippen molar-refractivity contribution in [2.75, 3.05) is 12.4 Å². The standard InChI is InChI=1S/C15H22N2O2/c1-11(15(2,3)4)10-16-14(18)17-12-6-8-13(19-5)9-7-12/h6-10H,1-5H3,(H2,16,17,18)/b11-10+. The average molecular weight is 262 g/mol. The maximum absolute atomic E-state index is 11.7. The van der Waals surface area contributed by atoms with E-state index in [0.29, 0.717) is 0 Å². The zero-order valence-corrected chi connectivity index (χ0v) is 12.2. The fraction of sp³-hybridized carbons (Fsp3) is 0.400. The molecular formula is C15H22N2O2. The third-order valence-corrected chi connectivity index (χ3v) is 2.95. The lowest BCUT2D eigenvalue weighted by Gasteiger charge is -2.19. The van der Waals surface area contributed by atoms with Crippen LogP contribution in [0.4, 0.5) is 10.5 Å². The third-order valence-electron chi connectivity index (χ3n) is 2.95. The van der Waals surface area contributed by atoms with Gasteiger partial charge in [0.1, 0.15) is 5.75 Å². The molecule has 2 amide bonds. The highest BCUT2D eigenvalue weighted by Crippen LogP contribution is 2.23. The molecule has 0 bridgehead atoms. The predicted molar refractivity (Wildman–Crippen MR) is 78.4 cm³/mol. The first-order valence-corrected chi connectivity index (χ1v) is 6.22. The zero-order chi connectivity index (χ0) is 14.5. The lowest BCUT2D eigenvalue weighted by Crippen LogP contribution is -2.25. The topological polar surface area (TPSA) is 50.4 Å². The van der Waals surface area contributed by atoms with E-state index in [4.69, 9.17) is 4.74 Å². The number of anilines is 1. The molecule has 0 fully saturated rings. The molecule has 1 aromatic rings. The molecule has 0 radical (unpaired) electrons. The van der Waals surface area contributed by atoms with Crippen molar-refractivity contribution in [2.45, 2.75) is 27.7 Å². The van der Waals surface area contributed by atoms with Gasteiger partial charge in [0.2, 0.25) is 0 Å². The van der Waals surface area contributed by atoms with E-state index in [2.05, 4.69) is 31.4 Å². The number of benzene rings is 1. The molecule has 0 saturated heterocycles. The minimum absolute atomic E-state index is 0.0490. The van der Waals surface area contributed by atoms with E-state index < -0.39 is 0 Å². The van der Waals surface area contributed by atoms with Gasteiger partial charge in [-0.2, -0.15) is 0 Å². The van der Waals surface area contributed by atoms with E-state index >= 15 is 0 Å². The van der Waals surface area contributed by atoms with Crippen LogP contribution >= 0.6 is 0 Å². The minimum Gasteiger partial charge on any atom is -0.497 e. The molecule has 0 saturated carbocycles. The molecule has 0 aliphatic rings. The van der Waals surface area contributed by atoms with Gasteiger partial charge >= 0.3 is 6.03 Å². The van der Waals surface area contributed by atoms with Crippen molar-refractivity contribution in [3.05, 3.63) is 36.0 Å². The number of urea groups is 1. The van der Waals surface area contributed by atoms with Crippen molar-refractivity contribution in [1.82, 2.24) is 5.32 Å². The summed E-state index contributed by atoms with van der Waals surface area (Å²) in [5, 5.41) is 5.47. The fourth-order valence-electron chi connectivity index (χ4n) is 1.23. The highest BCUT2D eigenvalue weighted by Gasteiger charge is 2.12. The van der Waals surface area contributed by atoms with E-state index in [0.717, 1.165) is 17.0 Å². The van der Waals surface area contributed by atoms with Gasteiger partial charge in [0.25, 0.3) is 0 Å². The van der Waals surface area contributed by atoms with Gasteiger partial charge in [-0.15, -0.1) is 0 Å². The maximum atomic E-state index is 11.7. The van der Waals surface area contributed by atoms with Crippen molar-refractivity contribution >= 4 is 11.7 Å². The van der Waals surface area contributed by atoms with Gasteiger partial charge in [0, 0.05) is 11.9 Å². The number of rotatable bonds is 3. The normalized spacial score (nSPS) is 11.9. The summed E-state index contributed by atoms with van der Waals surface area (Å²) in [5.41, 5.74) is 1.88. The van der Waals surface area contributed by atoms with Crippen LogP contribution in [0.1, 0.15) is 27.7 Å². The Labute approximate surface area is 114 Å². The average Bonchev–Trinajstić information content (AvgIpc) is 2.35. The number of allylic oxidation sites excluding steroid dienone is 1. The molecule has 19 heavy (non-hydrogen) atoms. The lowest BCUT2D eigenvalue weighted by atomic mass is 9.88. The van der Waals surface area contributed by atoms with E-state index in [9.17, 15) is 4.79 Å². The molecule has 0 aromatic heterocycles. The number of hydrogen-bond acceptors (Lipinski definition) is 2. The summed E-state index contributed by atoms with van der Waals surface area (Å²) in [6, 6.07) is 6.92. The molecule has 0 unspecified atom stereocenters. The molecule has 0 aliphatic heterocycles. The first kappa shape index (κ1) is 15.1. The second-order valence-corrected chi connectivity index (χ2v) is 5.40. The van der Waals surface area contributed by atoms with Crippen LogP contribution in [0.25, 0.3) is 0 Å². The highest BCUT2D eigenvalue weighted by molar-refractivity contribution is 5.89. The maximum Gasteiger partial charge on any atom is 0.323 e. The SMILES string of the molecule is COc1ccc(NC(=O)N/C=C(\C)C(C)(C)C)cc1. The van der Waals surface area contributed by atoms with Gasteiger partial charge in [-0.3, -0.25) is 0 Å². The molecule has 4 heteroatoms. The Morgan fingerprint density at radius 3 is 2.26 bits per heavy atom. The predicted octanol–water partition coefficient (Wildman–Crippen LogP) is 3.77. The Morgan fingerprint density at radius 2 is 1.79 bits per heavy atom. The van der Waals surface area contributed by atoms with E-state index in [1.54, 1.807) is 37.6 Å². The number of carbonyl (C=O) groups excluding carboxylic acids is 1. The number of hydrogen-bond donors (Lipinski definition) is 2. The van der Waals surface area contributed by atoms with Gasteiger partial charge in [0.05, 0.1) is 7.11 Å². The molecule has 0 aliphatic carbocycles. The molecule has 0 atom stereocenters. The van der Waals surface area contributed by atoms with E-state index in [-0.39, 0.29) is 11.4 Å². The van der Waals surface area contributed by atoms with Gasteiger partial charge < -0.3 is 15.4 Å². The van der Waals surface area contributed by atoms with Crippen LogP contribution in [0.5, 0.6) is 5.75 Å². The summed E-state index contributed by atoms with van der Waals surface area (Å²) in [7, 11) is 1.61. The second kappa shape index (κ2) is 6.27. The fourth-order valence-corrected chi connectivity index (χ4v) is 1.23. The summed E-state index contributed by atoms with van der Waals surface area (Å²) in [5.74, 6) is 0.759. The van der Waals surface area contributed by atoms with Crippen molar-refractivity contribution in [3.63, 3.8) is 0 Å². The zero-order valence-electron chi connectivity index (χ0n) is 12.2. The molecule has 1 rings (SSSR count). The number of carbonyl (C=O) groups is 1. The highest BCUT2D eigenvalue weighted by atomic mass is 16.5. The summed E-state index contributed by atoms with van der Waals surface area (Å²) in [6.45, 7) is 8.29. The molecule has 4 nitrogen and oxygen atoms in total. The number of methoxy groups -OCH3 is 1. The first-order valence-electron chi connectivity index (χ1n) is 6.22. The first-order chi connectivity index (χ1) is 8.82. The van der Waals surface area contributed by atoms with Crippen LogP contribution in [0, 0.1) is 5.41 Å². The molecule has 0 heterocycles. The van der Waals surface area contributed by atoms with Gasteiger partial charge in [-0.1, -0.05) is 26.3 Å². The van der Waals surface area contributed by atoms with E-state index in [1.165, 1.54) is 0 Å². The summed E-state index contributed by atoms with van der Waals surface area (Å²) in [6.07, 6.45) is 1.73. The Kier molecular flexibility index (Phi) is 4.98. The summed E-state index contributed by atoms with van der Waals surface area (Å²) < 4.78 is 5.05. The largest absolute Gasteiger partial charge is 0.497 e. The van der Waals surface area contributed by atoms with Crippen molar-refractivity contribution in [1.29, 1.82) is 0 Å². The third kappa shape index (κ3) is 5.04.